The van der Waals surface area contributed by atoms with Gasteiger partial charge < -0.3 is 5.11 Å². The molecule has 0 saturated heterocycles. The molecular formula is C12H9Cl2NO. The fraction of sp³-hybridized carbons (Fsp3) is 0.0833. The summed E-state index contributed by atoms with van der Waals surface area (Å²) in [6.45, 7) is -0.0774. The van der Waals surface area contributed by atoms with Crippen molar-refractivity contribution in [3.8, 4) is 11.3 Å². The lowest BCUT2D eigenvalue weighted by molar-refractivity contribution is 0.282. The van der Waals surface area contributed by atoms with Gasteiger partial charge in [0.25, 0.3) is 0 Å². The molecule has 2 rings (SSSR count). The molecule has 82 valence electrons. The Kier molecular flexibility index (Phi) is 3.44. The number of benzene rings is 1. The van der Waals surface area contributed by atoms with Gasteiger partial charge in [-0.05, 0) is 24.3 Å². The third kappa shape index (κ3) is 2.19. The molecule has 16 heavy (non-hydrogen) atoms. The van der Waals surface area contributed by atoms with Crippen LogP contribution in [0.5, 0.6) is 0 Å². The standard InChI is InChI=1S/C12H9Cl2NO/c13-9-3-4-11(14)10(6-9)12-8(7-16)2-1-5-15-12/h1-6,16H,7H2. The van der Waals surface area contributed by atoms with Crippen LogP contribution in [0.15, 0.2) is 36.5 Å². The fourth-order valence-corrected chi connectivity index (χ4v) is 1.87. The van der Waals surface area contributed by atoms with Gasteiger partial charge in [-0.3, -0.25) is 4.98 Å². The lowest BCUT2D eigenvalue weighted by Crippen LogP contribution is -1.93. The summed E-state index contributed by atoms with van der Waals surface area (Å²) in [7, 11) is 0. The molecule has 0 aliphatic carbocycles. The molecule has 2 aromatic rings. The van der Waals surface area contributed by atoms with Gasteiger partial charge in [0.1, 0.15) is 0 Å². The fourth-order valence-electron chi connectivity index (χ4n) is 1.49. The molecule has 0 fully saturated rings. The Morgan fingerprint density at radius 3 is 2.75 bits per heavy atom. The molecule has 0 saturated carbocycles. The second-order valence-electron chi connectivity index (χ2n) is 3.29. The first kappa shape index (κ1) is 11.4. The number of pyridine rings is 1. The van der Waals surface area contributed by atoms with Gasteiger partial charge >= 0.3 is 0 Å². The number of aliphatic hydroxyl groups excluding tert-OH is 1. The van der Waals surface area contributed by atoms with Crippen LogP contribution in [0.25, 0.3) is 11.3 Å². The molecule has 1 heterocycles. The van der Waals surface area contributed by atoms with E-state index in [1.807, 2.05) is 0 Å². The van der Waals surface area contributed by atoms with Crippen LogP contribution in [0.3, 0.4) is 0 Å². The van der Waals surface area contributed by atoms with Crippen molar-refractivity contribution in [2.24, 2.45) is 0 Å². The number of halogens is 2. The smallest absolute Gasteiger partial charge is 0.0772 e. The highest BCUT2D eigenvalue weighted by molar-refractivity contribution is 6.35. The summed E-state index contributed by atoms with van der Waals surface area (Å²) < 4.78 is 0. The molecule has 0 spiro atoms. The quantitative estimate of drug-likeness (QED) is 0.888. The summed E-state index contributed by atoms with van der Waals surface area (Å²) >= 11 is 12.0. The first-order chi connectivity index (χ1) is 7.72. The van der Waals surface area contributed by atoms with E-state index >= 15 is 0 Å². The Balaban J connectivity index is 2.62. The lowest BCUT2D eigenvalue weighted by Gasteiger charge is -2.08. The lowest BCUT2D eigenvalue weighted by atomic mass is 10.1. The zero-order valence-corrected chi connectivity index (χ0v) is 9.83. The summed E-state index contributed by atoms with van der Waals surface area (Å²) in [4.78, 5) is 4.22. The van der Waals surface area contributed by atoms with Gasteiger partial charge in [-0.25, -0.2) is 0 Å². The van der Waals surface area contributed by atoms with E-state index < -0.39 is 0 Å². The highest BCUT2D eigenvalue weighted by atomic mass is 35.5. The normalized spacial score (nSPS) is 10.4. The Morgan fingerprint density at radius 2 is 2.00 bits per heavy atom. The summed E-state index contributed by atoms with van der Waals surface area (Å²) in [5.41, 5.74) is 2.13. The molecule has 1 N–H and O–H groups in total. The second-order valence-corrected chi connectivity index (χ2v) is 4.14. The van der Waals surface area contributed by atoms with Crippen LogP contribution in [0.1, 0.15) is 5.56 Å². The Morgan fingerprint density at radius 1 is 1.19 bits per heavy atom. The molecule has 0 atom stereocenters. The zero-order valence-electron chi connectivity index (χ0n) is 8.32. The van der Waals surface area contributed by atoms with Crippen LogP contribution in [-0.2, 0) is 6.61 Å². The summed E-state index contributed by atoms with van der Waals surface area (Å²) in [5, 5.41) is 10.4. The van der Waals surface area contributed by atoms with E-state index in [0.29, 0.717) is 15.7 Å². The van der Waals surface area contributed by atoms with Crippen molar-refractivity contribution >= 4 is 23.2 Å². The van der Waals surface area contributed by atoms with Crippen LogP contribution in [0.2, 0.25) is 10.0 Å². The molecule has 0 aliphatic heterocycles. The van der Waals surface area contributed by atoms with Gasteiger partial charge in [0, 0.05) is 22.3 Å². The average molecular weight is 254 g/mol. The minimum Gasteiger partial charge on any atom is -0.392 e. The Hall–Kier alpha value is -1.09. The molecule has 0 radical (unpaired) electrons. The minimum atomic E-state index is -0.0774. The van der Waals surface area contributed by atoms with E-state index in [1.165, 1.54) is 0 Å². The Bertz CT molecular complexity index is 514. The molecule has 0 amide bonds. The monoisotopic (exact) mass is 253 g/mol. The van der Waals surface area contributed by atoms with Crippen molar-refractivity contribution in [2.75, 3.05) is 0 Å². The van der Waals surface area contributed by atoms with Crippen LogP contribution in [-0.4, -0.2) is 10.1 Å². The maximum atomic E-state index is 9.22. The number of hydrogen-bond acceptors (Lipinski definition) is 2. The molecule has 2 nitrogen and oxygen atoms in total. The van der Waals surface area contributed by atoms with Gasteiger partial charge in [-0.2, -0.15) is 0 Å². The molecule has 1 aromatic heterocycles. The molecular weight excluding hydrogens is 245 g/mol. The first-order valence-electron chi connectivity index (χ1n) is 4.72. The van der Waals surface area contributed by atoms with E-state index in [-0.39, 0.29) is 6.61 Å². The van der Waals surface area contributed by atoms with Gasteiger partial charge in [-0.1, -0.05) is 29.3 Å². The first-order valence-corrected chi connectivity index (χ1v) is 5.48. The van der Waals surface area contributed by atoms with E-state index in [1.54, 1.807) is 36.5 Å². The number of aliphatic hydroxyl groups is 1. The predicted molar refractivity (Wildman–Crippen MR) is 65.6 cm³/mol. The Labute approximate surface area is 103 Å². The third-order valence-electron chi connectivity index (χ3n) is 2.25. The van der Waals surface area contributed by atoms with E-state index in [0.717, 1.165) is 11.1 Å². The van der Waals surface area contributed by atoms with Gasteiger partial charge in [0.2, 0.25) is 0 Å². The highest BCUT2D eigenvalue weighted by Gasteiger charge is 2.09. The molecule has 0 bridgehead atoms. The molecule has 4 heteroatoms. The summed E-state index contributed by atoms with van der Waals surface area (Å²) in [6.07, 6.45) is 1.66. The second kappa shape index (κ2) is 4.83. The topological polar surface area (TPSA) is 33.1 Å². The number of nitrogens with zero attached hydrogens (tertiary/aromatic N) is 1. The largest absolute Gasteiger partial charge is 0.392 e. The van der Waals surface area contributed by atoms with Crippen molar-refractivity contribution in [1.82, 2.24) is 4.98 Å². The maximum Gasteiger partial charge on any atom is 0.0772 e. The van der Waals surface area contributed by atoms with Crippen LogP contribution < -0.4 is 0 Å². The molecule has 1 aromatic carbocycles. The summed E-state index contributed by atoms with van der Waals surface area (Å²) in [5.74, 6) is 0. The third-order valence-corrected chi connectivity index (χ3v) is 2.81. The number of hydrogen-bond donors (Lipinski definition) is 1. The van der Waals surface area contributed by atoms with Crippen LogP contribution >= 0.6 is 23.2 Å². The number of rotatable bonds is 2. The highest BCUT2D eigenvalue weighted by Crippen LogP contribution is 2.31. The van der Waals surface area contributed by atoms with Crippen molar-refractivity contribution in [3.05, 3.63) is 52.1 Å². The van der Waals surface area contributed by atoms with E-state index in [2.05, 4.69) is 4.98 Å². The van der Waals surface area contributed by atoms with Crippen LogP contribution in [0.4, 0.5) is 0 Å². The van der Waals surface area contributed by atoms with Crippen molar-refractivity contribution < 1.29 is 5.11 Å². The predicted octanol–water partition coefficient (Wildman–Crippen LogP) is 3.55. The van der Waals surface area contributed by atoms with Crippen LogP contribution in [0, 0.1) is 0 Å². The van der Waals surface area contributed by atoms with Gasteiger partial charge in [0.05, 0.1) is 17.3 Å². The van der Waals surface area contributed by atoms with Crippen molar-refractivity contribution in [2.45, 2.75) is 6.61 Å². The van der Waals surface area contributed by atoms with Crippen molar-refractivity contribution in [1.29, 1.82) is 0 Å². The van der Waals surface area contributed by atoms with Gasteiger partial charge in [-0.15, -0.1) is 0 Å². The minimum absolute atomic E-state index is 0.0774. The molecule has 0 unspecified atom stereocenters. The molecule has 0 aliphatic rings. The van der Waals surface area contributed by atoms with E-state index in [4.69, 9.17) is 23.2 Å². The zero-order chi connectivity index (χ0) is 11.5. The van der Waals surface area contributed by atoms with E-state index in [9.17, 15) is 5.11 Å². The van der Waals surface area contributed by atoms with Gasteiger partial charge in [0.15, 0.2) is 0 Å². The van der Waals surface area contributed by atoms with Crippen molar-refractivity contribution in [3.63, 3.8) is 0 Å². The maximum absolute atomic E-state index is 9.22. The average Bonchev–Trinajstić information content (AvgIpc) is 2.32. The summed E-state index contributed by atoms with van der Waals surface area (Å²) in [6, 6.07) is 8.75. The SMILES string of the molecule is OCc1cccnc1-c1cc(Cl)ccc1Cl. The number of aromatic nitrogens is 1.